The first kappa shape index (κ1) is 31.5. The predicted octanol–water partition coefficient (Wildman–Crippen LogP) is 14.4. The van der Waals surface area contributed by atoms with E-state index in [-0.39, 0.29) is 16.2 Å². The molecular weight excluding hydrogens is 625 g/mol. The molecule has 0 N–H and O–H groups in total. The molecule has 0 heterocycles. The zero-order chi connectivity index (χ0) is 35.9. The second kappa shape index (κ2) is 10.4. The van der Waals surface area contributed by atoms with Crippen LogP contribution in [0.25, 0.3) is 76.8 Å². The van der Waals surface area contributed by atoms with Gasteiger partial charge in [0, 0.05) is 10.8 Å². The van der Waals surface area contributed by atoms with E-state index in [1.54, 1.807) is 0 Å². The van der Waals surface area contributed by atoms with Crippen LogP contribution >= 0.6 is 0 Å². The van der Waals surface area contributed by atoms with Crippen LogP contribution in [0.15, 0.2) is 121 Å². The van der Waals surface area contributed by atoms with E-state index >= 15 is 0 Å². The second-order valence-corrected chi connectivity index (χ2v) is 17.7. The van der Waals surface area contributed by atoms with Crippen LogP contribution in [0.3, 0.4) is 0 Å². The van der Waals surface area contributed by atoms with Crippen LogP contribution in [0.4, 0.5) is 0 Å². The second-order valence-electron chi connectivity index (χ2n) is 17.7. The Morgan fingerprint density at radius 1 is 0.423 bits per heavy atom. The maximum absolute atomic E-state index is 2.48. The topological polar surface area (TPSA) is 0 Å². The summed E-state index contributed by atoms with van der Waals surface area (Å²) in [5.41, 5.74) is 19.1. The molecule has 0 saturated carbocycles. The highest BCUT2D eigenvalue weighted by Crippen LogP contribution is 2.53. The fourth-order valence-corrected chi connectivity index (χ4v) is 9.81. The monoisotopic (exact) mass is 670 g/mol. The SMILES string of the molecule is CCc1cc2ccc3ccc(-c4ccc5c(c4)C(C)(C)c4cc(-c6ccc7c(c6)C(C)(C)c6cc(C(C)(C)C)ccc6-7)ccc4-5)c4ccc(c1)c2c34. The third kappa shape index (κ3) is 4.27. The third-order valence-electron chi connectivity index (χ3n) is 12.9. The van der Waals surface area contributed by atoms with E-state index in [2.05, 4.69) is 177 Å². The molecule has 0 amide bonds. The highest BCUT2D eigenvalue weighted by molar-refractivity contribution is 6.25. The summed E-state index contributed by atoms with van der Waals surface area (Å²) < 4.78 is 0. The zero-order valence-corrected chi connectivity index (χ0v) is 31.8. The van der Waals surface area contributed by atoms with Crippen molar-refractivity contribution in [1.82, 2.24) is 0 Å². The fraction of sp³-hybridized carbons (Fsp3) is 0.231. The lowest BCUT2D eigenvalue weighted by molar-refractivity contribution is 0.584. The van der Waals surface area contributed by atoms with Crippen LogP contribution in [-0.4, -0.2) is 0 Å². The predicted molar refractivity (Wildman–Crippen MR) is 224 cm³/mol. The van der Waals surface area contributed by atoms with Gasteiger partial charge in [0.25, 0.3) is 0 Å². The fourth-order valence-electron chi connectivity index (χ4n) is 9.81. The van der Waals surface area contributed by atoms with Gasteiger partial charge in [0.15, 0.2) is 0 Å². The van der Waals surface area contributed by atoms with E-state index in [0.29, 0.717) is 0 Å². The Labute approximate surface area is 308 Å². The molecule has 0 unspecified atom stereocenters. The summed E-state index contributed by atoms with van der Waals surface area (Å²) in [4.78, 5) is 0. The first-order chi connectivity index (χ1) is 24.8. The van der Waals surface area contributed by atoms with Crippen LogP contribution in [0, 0.1) is 0 Å². The van der Waals surface area contributed by atoms with Gasteiger partial charge in [-0.05, 0) is 140 Å². The van der Waals surface area contributed by atoms with Crippen molar-refractivity contribution in [2.45, 2.75) is 78.1 Å². The van der Waals surface area contributed by atoms with E-state index in [0.717, 1.165) is 6.42 Å². The Kier molecular flexibility index (Phi) is 6.33. The molecule has 0 atom stereocenters. The third-order valence-corrected chi connectivity index (χ3v) is 12.9. The molecule has 8 aromatic carbocycles. The highest BCUT2D eigenvalue weighted by Gasteiger charge is 2.38. The summed E-state index contributed by atoms with van der Waals surface area (Å²) in [6.07, 6.45) is 1.05. The Morgan fingerprint density at radius 2 is 0.865 bits per heavy atom. The number of rotatable bonds is 3. The average molecular weight is 671 g/mol. The number of aryl methyl sites for hydroxylation is 1. The Balaban J connectivity index is 1.04. The normalized spacial score (nSPS) is 15.3. The van der Waals surface area contributed by atoms with Crippen molar-refractivity contribution in [3.8, 4) is 44.5 Å². The van der Waals surface area contributed by atoms with Crippen molar-refractivity contribution >= 4 is 32.3 Å². The molecule has 8 aromatic rings. The largest absolute Gasteiger partial charge is 0.0613 e. The molecule has 0 radical (unpaired) electrons. The number of fused-ring (bicyclic) bond motifs is 6. The summed E-state index contributed by atoms with van der Waals surface area (Å²) in [5.74, 6) is 0. The van der Waals surface area contributed by atoms with Gasteiger partial charge < -0.3 is 0 Å². The van der Waals surface area contributed by atoms with Crippen molar-refractivity contribution in [3.63, 3.8) is 0 Å². The van der Waals surface area contributed by atoms with Gasteiger partial charge >= 0.3 is 0 Å². The molecule has 0 spiro atoms. The van der Waals surface area contributed by atoms with Crippen LogP contribution in [-0.2, 0) is 22.7 Å². The summed E-state index contributed by atoms with van der Waals surface area (Å²) >= 11 is 0. The molecule has 0 aromatic heterocycles. The molecular formula is C52H46. The van der Waals surface area contributed by atoms with E-state index in [9.17, 15) is 0 Å². The van der Waals surface area contributed by atoms with Crippen molar-refractivity contribution in [2.24, 2.45) is 0 Å². The van der Waals surface area contributed by atoms with Crippen LogP contribution < -0.4 is 0 Å². The molecule has 2 aliphatic rings. The smallest absolute Gasteiger partial charge is 0.0159 e. The standard InChI is InChI=1S/C52H46/c1-9-30-24-35-11-10-31-12-18-38(43-22-16-36(25-30)48(35)49(31)43)34-15-21-41-39-19-13-32(26-44(39)51(5,6)46(41)28-34)33-14-20-40-42-23-17-37(50(2,3)4)29-47(42)52(7,8)45(40)27-33/h10-29H,9H2,1-8H3. The van der Waals surface area contributed by atoms with Gasteiger partial charge in [-0.2, -0.15) is 0 Å². The van der Waals surface area contributed by atoms with Crippen LogP contribution in [0.5, 0.6) is 0 Å². The van der Waals surface area contributed by atoms with Gasteiger partial charge in [0.05, 0.1) is 0 Å². The van der Waals surface area contributed by atoms with E-state index in [1.165, 1.54) is 110 Å². The van der Waals surface area contributed by atoms with Crippen molar-refractivity contribution < 1.29 is 0 Å². The first-order valence-electron chi connectivity index (χ1n) is 19.1. The van der Waals surface area contributed by atoms with E-state index in [1.807, 2.05) is 0 Å². The van der Waals surface area contributed by atoms with Gasteiger partial charge in [-0.25, -0.2) is 0 Å². The van der Waals surface area contributed by atoms with Crippen molar-refractivity contribution in [3.05, 3.63) is 155 Å². The van der Waals surface area contributed by atoms with Gasteiger partial charge in [-0.15, -0.1) is 0 Å². The Hall–Kier alpha value is -5.20. The minimum Gasteiger partial charge on any atom is -0.0613 e. The van der Waals surface area contributed by atoms with E-state index in [4.69, 9.17) is 0 Å². The molecule has 10 rings (SSSR count). The minimum atomic E-state index is -0.118. The first-order valence-corrected chi connectivity index (χ1v) is 19.1. The summed E-state index contributed by atoms with van der Waals surface area (Å²) in [6, 6.07) is 47.5. The summed E-state index contributed by atoms with van der Waals surface area (Å²) in [7, 11) is 0. The maximum atomic E-state index is 2.48. The average Bonchev–Trinajstić information content (AvgIpc) is 3.51. The molecule has 0 nitrogen and oxygen atoms in total. The van der Waals surface area contributed by atoms with Gasteiger partial charge in [0.1, 0.15) is 0 Å². The molecule has 0 bridgehead atoms. The molecule has 254 valence electrons. The Morgan fingerprint density at radius 3 is 1.42 bits per heavy atom. The molecule has 52 heavy (non-hydrogen) atoms. The maximum Gasteiger partial charge on any atom is 0.0159 e. The quantitative estimate of drug-likeness (QED) is 0.164. The molecule has 0 heteroatoms. The lowest BCUT2D eigenvalue weighted by Crippen LogP contribution is -2.17. The van der Waals surface area contributed by atoms with Crippen LogP contribution in [0.2, 0.25) is 0 Å². The van der Waals surface area contributed by atoms with Gasteiger partial charge in [-0.3, -0.25) is 0 Å². The van der Waals surface area contributed by atoms with Gasteiger partial charge in [-0.1, -0.05) is 159 Å². The lowest BCUT2D eigenvalue weighted by Gasteiger charge is -2.25. The minimum absolute atomic E-state index is 0.0475. The highest BCUT2D eigenvalue weighted by atomic mass is 14.4. The van der Waals surface area contributed by atoms with Crippen LogP contribution in [0.1, 0.15) is 88.8 Å². The summed E-state index contributed by atoms with van der Waals surface area (Å²) in [6.45, 7) is 18.8. The zero-order valence-electron chi connectivity index (χ0n) is 31.8. The molecule has 0 aliphatic heterocycles. The molecule has 2 aliphatic carbocycles. The number of hydrogen-bond acceptors (Lipinski definition) is 0. The van der Waals surface area contributed by atoms with Gasteiger partial charge in [0.2, 0.25) is 0 Å². The number of benzene rings is 8. The number of hydrogen-bond donors (Lipinski definition) is 0. The Bertz CT molecular complexity index is 2780. The molecule has 0 fully saturated rings. The van der Waals surface area contributed by atoms with E-state index < -0.39 is 0 Å². The molecule has 0 saturated heterocycles. The van der Waals surface area contributed by atoms with Crippen molar-refractivity contribution in [1.29, 1.82) is 0 Å². The summed E-state index contributed by atoms with van der Waals surface area (Å²) in [5, 5.41) is 8.12. The van der Waals surface area contributed by atoms with Crippen molar-refractivity contribution in [2.75, 3.05) is 0 Å². The lowest BCUT2D eigenvalue weighted by atomic mass is 9.78.